The summed E-state index contributed by atoms with van der Waals surface area (Å²) in [6.45, 7) is 2.23. The van der Waals surface area contributed by atoms with Gasteiger partial charge in [0.15, 0.2) is 0 Å². The molecule has 0 radical (unpaired) electrons. The molecule has 0 aromatic heterocycles. The zero-order chi connectivity index (χ0) is 19.1. The smallest absolute Gasteiger partial charge is 0.338 e. The zero-order valence-electron chi connectivity index (χ0n) is 15.9. The van der Waals surface area contributed by atoms with E-state index in [4.69, 9.17) is 4.74 Å². The number of carbonyl (C=O) groups is 1. The summed E-state index contributed by atoms with van der Waals surface area (Å²) in [5, 5.41) is 6.36. The van der Waals surface area contributed by atoms with Crippen molar-refractivity contribution in [3.63, 3.8) is 0 Å². The molecule has 3 atom stereocenters. The van der Waals surface area contributed by atoms with Gasteiger partial charge in [-0.15, -0.1) is 0 Å². The van der Waals surface area contributed by atoms with Gasteiger partial charge < -0.3 is 10.1 Å². The third kappa shape index (κ3) is 2.70. The summed E-state index contributed by atoms with van der Waals surface area (Å²) in [5.74, 6) is 0.505. The lowest BCUT2D eigenvalue weighted by molar-refractivity contribution is 0.0526. The first-order chi connectivity index (χ1) is 13.8. The molecule has 0 spiro atoms. The molecule has 0 saturated carbocycles. The molecule has 0 fully saturated rings. The molecule has 3 aromatic rings. The molecule has 0 unspecified atom stereocenters. The lowest BCUT2D eigenvalue weighted by Gasteiger charge is -2.38. The maximum Gasteiger partial charge on any atom is 0.338 e. The van der Waals surface area contributed by atoms with Gasteiger partial charge in [0, 0.05) is 11.6 Å². The molecule has 1 aliphatic carbocycles. The number of anilines is 1. The number of hydrogen-bond acceptors (Lipinski definition) is 3. The molecule has 0 amide bonds. The first-order valence-corrected chi connectivity index (χ1v) is 9.98. The molecule has 1 heterocycles. The minimum Gasteiger partial charge on any atom is -0.462 e. The summed E-state index contributed by atoms with van der Waals surface area (Å²) in [6, 6.07) is 21.3. The normalized spacial score (nSPS) is 22.4. The molecule has 0 saturated heterocycles. The van der Waals surface area contributed by atoms with Crippen LogP contribution in [0.25, 0.3) is 10.8 Å². The third-order valence-electron chi connectivity index (χ3n) is 6.03. The first kappa shape index (κ1) is 17.1. The fourth-order valence-electron chi connectivity index (χ4n) is 4.77. The first-order valence-electron chi connectivity index (χ1n) is 9.98. The summed E-state index contributed by atoms with van der Waals surface area (Å²) < 4.78 is 5.19. The van der Waals surface area contributed by atoms with E-state index in [1.54, 1.807) is 0 Å². The molecule has 3 aromatic carbocycles. The third-order valence-corrected chi connectivity index (χ3v) is 6.03. The van der Waals surface area contributed by atoms with Crippen molar-refractivity contribution in [2.24, 2.45) is 5.92 Å². The minimum atomic E-state index is -0.250. The average Bonchev–Trinajstić information content (AvgIpc) is 3.23. The van der Waals surface area contributed by atoms with Crippen LogP contribution < -0.4 is 5.32 Å². The molecule has 1 aliphatic heterocycles. The SMILES string of the molecule is CCOC(=O)c1ccc2c(c1)[C@@H]1C=CC[C@@H]1[C@@H](c1cccc3ccccc13)N2. The Balaban J connectivity index is 1.59. The van der Waals surface area contributed by atoms with Gasteiger partial charge in [-0.25, -0.2) is 4.79 Å². The van der Waals surface area contributed by atoms with Crippen molar-refractivity contribution >= 4 is 22.4 Å². The van der Waals surface area contributed by atoms with Crippen LogP contribution in [-0.2, 0) is 4.74 Å². The standard InChI is InChI=1S/C25H23NO2/c1-2-28-25(27)17-13-14-23-22(15-17)19-10-6-12-21(19)24(26-23)20-11-5-8-16-7-3-4-9-18(16)20/h3-11,13-15,19,21,24,26H,2,12H2,1H3/t19-,21+,24-/m1/s1. The van der Waals surface area contributed by atoms with Gasteiger partial charge in [0.1, 0.15) is 0 Å². The van der Waals surface area contributed by atoms with E-state index in [1.807, 2.05) is 25.1 Å². The lowest BCUT2D eigenvalue weighted by atomic mass is 9.76. The number of rotatable bonds is 3. The Kier molecular flexibility index (Phi) is 4.16. The maximum atomic E-state index is 12.2. The van der Waals surface area contributed by atoms with Crippen LogP contribution in [-0.4, -0.2) is 12.6 Å². The number of allylic oxidation sites excluding steroid dienone is 2. The average molecular weight is 369 g/mol. The molecule has 0 bridgehead atoms. The molecular weight excluding hydrogens is 346 g/mol. The van der Waals surface area contributed by atoms with Gasteiger partial charge in [-0.05, 0) is 59.4 Å². The molecule has 3 heteroatoms. The number of esters is 1. The Morgan fingerprint density at radius 3 is 2.82 bits per heavy atom. The number of hydrogen-bond donors (Lipinski definition) is 1. The topological polar surface area (TPSA) is 38.3 Å². The van der Waals surface area contributed by atoms with Crippen LogP contribution in [0.1, 0.15) is 46.8 Å². The van der Waals surface area contributed by atoms with Crippen LogP contribution in [0.4, 0.5) is 5.69 Å². The molecule has 1 N–H and O–H groups in total. The van der Waals surface area contributed by atoms with Crippen LogP contribution in [0.15, 0.2) is 72.8 Å². The summed E-state index contributed by atoms with van der Waals surface area (Å²) in [5.41, 5.74) is 4.28. The van der Waals surface area contributed by atoms with Gasteiger partial charge in [0.05, 0.1) is 18.2 Å². The number of nitrogens with one attached hydrogen (secondary N) is 1. The van der Waals surface area contributed by atoms with Crippen LogP contribution >= 0.6 is 0 Å². The number of benzene rings is 3. The molecule has 3 nitrogen and oxygen atoms in total. The summed E-state index contributed by atoms with van der Waals surface area (Å²) in [7, 11) is 0. The second-order valence-corrected chi connectivity index (χ2v) is 7.57. The molecule has 28 heavy (non-hydrogen) atoms. The predicted octanol–water partition coefficient (Wildman–Crippen LogP) is 5.84. The van der Waals surface area contributed by atoms with E-state index in [-0.39, 0.29) is 12.0 Å². The Morgan fingerprint density at radius 1 is 1.07 bits per heavy atom. The van der Waals surface area contributed by atoms with Crippen molar-refractivity contribution in [1.82, 2.24) is 0 Å². The minimum absolute atomic E-state index is 0.243. The van der Waals surface area contributed by atoms with Crippen molar-refractivity contribution in [1.29, 1.82) is 0 Å². The van der Waals surface area contributed by atoms with Crippen molar-refractivity contribution in [2.75, 3.05) is 11.9 Å². The van der Waals surface area contributed by atoms with Gasteiger partial charge in [-0.2, -0.15) is 0 Å². The van der Waals surface area contributed by atoms with Gasteiger partial charge in [0.25, 0.3) is 0 Å². The van der Waals surface area contributed by atoms with Crippen molar-refractivity contribution in [2.45, 2.75) is 25.3 Å². The monoisotopic (exact) mass is 369 g/mol. The Bertz CT molecular complexity index is 1080. The van der Waals surface area contributed by atoms with E-state index >= 15 is 0 Å². The lowest BCUT2D eigenvalue weighted by Crippen LogP contribution is -2.29. The summed E-state index contributed by atoms with van der Waals surface area (Å²) >= 11 is 0. The highest BCUT2D eigenvalue weighted by Crippen LogP contribution is 2.50. The van der Waals surface area contributed by atoms with E-state index < -0.39 is 0 Å². The van der Waals surface area contributed by atoms with Gasteiger partial charge >= 0.3 is 5.97 Å². The van der Waals surface area contributed by atoms with Gasteiger partial charge in [-0.1, -0.05) is 54.6 Å². The fraction of sp³-hybridized carbons (Fsp3) is 0.240. The second-order valence-electron chi connectivity index (χ2n) is 7.57. The summed E-state index contributed by atoms with van der Waals surface area (Å²) in [4.78, 5) is 12.2. The Morgan fingerprint density at radius 2 is 1.93 bits per heavy atom. The molecule has 2 aliphatic rings. The second kappa shape index (κ2) is 6.83. The Hall–Kier alpha value is -3.07. The highest BCUT2D eigenvalue weighted by Gasteiger charge is 2.38. The highest BCUT2D eigenvalue weighted by atomic mass is 16.5. The van der Waals surface area contributed by atoms with Crippen LogP contribution in [0.2, 0.25) is 0 Å². The number of carbonyl (C=O) groups excluding carboxylic acids is 1. The van der Waals surface area contributed by atoms with E-state index in [0.717, 1.165) is 12.1 Å². The van der Waals surface area contributed by atoms with Crippen LogP contribution in [0, 0.1) is 5.92 Å². The van der Waals surface area contributed by atoms with Crippen molar-refractivity contribution in [3.8, 4) is 0 Å². The van der Waals surface area contributed by atoms with E-state index in [9.17, 15) is 4.79 Å². The van der Waals surface area contributed by atoms with Crippen LogP contribution in [0.3, 0.4) is 0 Å². The summed E-state index contributed by atoms with van der Waals surface area (Å²) in [6.07, 6.45) is 5.62. The number of fused-ring (bicyclic) bond motifs is 4. The van der Waals surface area contributed by atoms with E-state index in [2.05, 4.69) is 59.9 Å². The van der Waals surface area contributed by atoms with E-state index in [1.165, 1.54) is 21.9 Å². The number of ether oxygens (including phenoxy) is 1. The van der Waals surface area contributed by atoms with Gasteiger partial charge in [0.2, 0.25) is 0 Å². The predicted molar refractivity (Wildman–Crippen MR) is 113 cm³/mol. The van der Waals surface area contributed by atoms with E-state index in [0.29, 0.717) is 24.0 Å². The molecular formula is C25H23NO2. The molecule has 140 valence electrons. The quantitative estimate of drug-likeness (QED) is 0.465. The van der Waals surface area contributed by atoms with Crippen LogP contribution in [0.5, 0.6) is 0 Å². The Labute approximate surface area is 165 Å². The van der Waals surface area contributed by atoms with Crippen molar-refractivity contribution < 1.29 is 9.53 Å². The van der Waals surface area contributed by atoms with Gasteiger partial charge in [-0.3, -0.25) is 0 Å². The maximum absolute atomic E-state index is 12.2. The largest absolute Gasteiger partial charge is 0.462 e. The molecule has 5 rings (SSSR count). The van der Waals surface area contributed by atoms with Crippen molar-refractivity contribution in [3.05, 3.63) is 89.5 Å². The highest BCUT2D eigenvalue weighted by molar-refractivity contribution is 5.91. The zero-order valence-corrected chi connectivity index (χ0v) is 15.9. The fourth-order valence-corrected chi connectivity index (χ4v) is 4.77.